The highest BCUT2D eigenvalue weighted by molar-refractivity contribution is 7.81. The molecule has 9 heteroatoms. The summed E-state index contributed by atoms with van der Waals surface area (Å²) in [6.45, 7) is 0.390. The van der Waals surface area contributed by atoms with Gasteiger partial charge in [-0.15, -0.1) is 5.10 Å². The van der Waals surface area contributed by atoms with Crippen LogP contribution in [0.4, 0.5) is 0 Å². The van der Waals surface area contributed by atoms with Gasteiger partial charge in [-0.1, -0.05) is 59.8 Å². The van der Waals surface area contributed by atoms with Crippen LogP contribution < -0.4 is 10.2 Å². The molecule has 3 aromatic rings. The zero-order valence-corrected chi connectivity index (χ0v) is 15.7. The zero-order chi connectivity index (χ0) is 19.8. The molecule has 0 radical (unpaired) electrons. The molecule has 8 nitrogen and oxygen atoms in total. The monoisotopic (exact) mass is 397 g/mol. The van der Waals surface area contributed by atoms with Gasteiger partial charge in [-0.05, 0) is 17.2 Å². The van der Waals surface area contributed by atoms with E-state index in [1.807, 2.05) is 54.6 Å². The molecule has 1 unspecified atom stereocenters. The average molecular weight is 397 g/mol. The van der Waals surface area contributed by atoms with Crippen LogP contribution in [0.25, 0.3) is 17.3 Å². The molecule has 0 fully saturated rings. The summed E-state index contributed by atoms with van der Waals surface area (Å²) >= 11 is 0. The Morgan fingerprint density at radius 2 is 2.00 bits per heavy atom. The molecular weight excluding hydrogens is 378 g/mol. The summed E-state index contributed by atoms with van der Waals surface area (Å²) in [5.74, 6) is -0.428. The molecule has 28 heavy (non-hydrogen) atoms. The minimum atomic E-state index is -1.34. The van der Waals surface area contributed by atoms with Gasteiger partial charge >= 0.3 is 0 Å². The molecule has 3 rings (SSSR count). The topological polar surface area (TPSA) is 109 Å². The van der Waals surface area contributed by atoms with Crippen molar-refractivity contribution in [2.45, 2.75) is 12.4 Å². The third-order valence-electron chi connectivity index (χ3n) is 3.78. The predicted molar refractivity (Wildman–Crippen MR) is 106 cm³/mol. The van der Waals surface area contributed by atoms with Gasteiger partial charge in [0, 0.05) is 18.2 Å². The van der Waals surface area contributed by atoms with Gasteiger partial charge in [-0.2, -0.15) is 0 Å². The van der Waals surface area contributed by atoms with Crippen LogP contribution in [0, 0.1) is 0 Å². The lowest BCUT2D eigenvalue weighted by molar-refractivity contribution is -0.124. The molecule has 0 saturated heterocycles. The second-order valence-corrected chi connectivity index (χ2v) is 7.10. The zero-order valence-electron chi connectivity index (χ0n) is 14.9. The fourth-order valence-electron chi connectivity index (χ4n) is 2.45. The van der Waals surface area contributed by atoms with E-state index in [1.54, 1.807) is 12.3 Å². The van der Waals surface area contributed by atoms with Crippen LogP contribution in [-0.4, -0.2) is 30.3 Å². The van der Waals surface area contributed by atoms with E-state index in [1.165, 1.54) is 16.2 Å². The maximum atomic E-state index is 12.3. The lowest BCUT2D eigenvalue weighted by atomic mass is 10.1. The Hall–Kier alpha value is -3.14. The number of benzene rings is 2. The molecule has 1 atom stereocenters. The van der Waals surface area contributed by atoms with E-state index in [9.17, 15) is 9.00 Å². The summed E-state index contributed by atoms with van der Waals surface area (Å²) in [6, 6.07) is 17.1. The maximum absolute atomic E-state index is 12.3. The number of amides is 1. The second kappa shape index (κ2) is 9.70. The Bertz CT molecular complexity index is 988. The Morgan fingerprint density at radius 1 is 1.18 bits per heavy atom. The van der Waals surface area contributed by atoms with Gasteiger partial charge in [0.05, 0.1) is 6.20 Å². The van der Waals surface area contributed by atoms with Gasteiger partial charge in [-0.3, -0.25) is 10.0 Å². The van der Waals surface area contributed by atoms with Gasteiger partial charge < -0.3 is 0 Å². The van der Waals surface area contributed by atoms with E-state index in [0.29, 0.717) is 6.54 Å². The van der Waals surface area contributed by atoms with Gasteiger partial charge in [0.25, 0.3) is 5.91 Å². The highest BCUT2D eigenvalue weighted by Crippen LogP contribution is 2.14. The van der Waals surface area contributed by atoms with Crippen molar-refractivity contribution in [2.75, 3.05) is 0 Å². The van der Waals surface area contributed by atoms with Crippen molar-refractivity contribution < 1.29 is 14.2 Å². The molecule has 1 amide bonds. The highest BCUT2D eigenvalue weighted by atomic mass is 32.2. The van der Waals surface area contributed by atoms with Crippen molar-refractivity contribution >= 4 is 23.0 Å². The SMILES string of the molecule is O=C(/C=C/c1cccc(CNS(=O)Cn2cc(-c3ccccc3)nn2)c1)NO. The summed E-state index contributed by atoms with van der Waals surface area (Å²) in [4.78, 5) is 11.0. The van der Waals surface area contributed by atoms with Crippen LogP contribution in [0.5, 0.6) is 0 Å². The van der Waals surface area contributed by atoms with E-state index < -0.39 is 16.9 Å². The smallest absolute Gasteiger partial charge is 0.267 e. The first-order valence-corrected chi connectivity index (χ1v) is 9.74. The van der Waals surface area contributed by atoms with Gasteiger partial charge in [-0.25, -0.2) is 19.1 Å². The fourth-order valence-corrected chi connectivity index (χ4v) is 3.23. The molecule has 0 spiro atoms. The summed E-state index contributed by atoms with van der Waals surface area (Å²) in [6.07, 6.45) is 4.55. The van der Waals surface area contributed by atoms with Crippen molar-refractivity contribution in [2.24, 2.45) is 0 Å². The first-order chi connectivity index (χ1) is 13.6. The lowest BCUT2D eigenvalue weighted by Crippen LogP contribution is -2.21. The maximum Gasteiger partial charge on any atom is 0.267 e. The number of hydrogen-bond acceptors (Lipinski definition) is 5. The van der Waals surface area contributed by atoms with Crippen molar-refractivity contribution in [3.05, 3.63) is 78.0 Å². The number of hydroxylamine groups is 1. The number of carbonyl (C=O) groups excluding carboxylic acids is 1. The minimum Gasteiger partial charge on any atom is -0.288 e. The number of nitrogens with zero attached hydrogens (tertiary/aromatic N) is 3. The summed E-state index contributed by atoms with van der Waals surface area (Å²) in [5, 5.41) is 16.6. The molecule has 0 aliphatic carbocycles. The molecule has 1 heterocycles. The third-order valence-corrected chi connectivity index (χ3v) is 4.75. The first-order valence-electron chi connectivity index (χ1n) is 8.42. The molecular formula is C19H19N5O3S. The average Bonchev–Trinajstić information content (AvgIpc) is 3.20. The largest absolute Gasteiger partial charge is 0.288 e. The van der Waals surface area contributed by atoms with Crippen molar-refractivity contribution in [3.8, 4) is 11.3 Å². The van der Waals surface area contributed by atoms with Gasteiger partial charge in [0.15, 0.2) is 0 Å². The Morgan fingerprint density at radius 3 is 2.79 bits per heavy atom. The van der Waals surface area contributed by atoms with Crippen molar-refractivity contribution in [1.82, 2.24) is 25.2 Å². The van der Waals surface area contributed by atoms with Crippen LogP contribution in [0.2, 0.25) is 0 Å². The number of rotatable bonds is 8. The van der Waals surface area contributed by atoms with Gasteiger partial charge in [0.2, 0.25) is 0 Å². The predicted octanol–water partition coefficient (Wildman–Crippen LogP) is 1.87. The minimum absolute atomic E-state index is 0.177. The quantitative estimate of drug-likeness (QED) is 0.305. The van der Waals surface area contributed by atoms with E-state index >= 15 is 0 Å². The van der Waals surface area contributed by atoms with Crippen LogP contribution in [-0.2, 0) is 28.2 Å². The van der Waals surface area contributed by atoms with E-state index in [4.69, 9.17) is 5.21 Å². The van der Waals surface area contributed by atoms with E-state index in [0.717, 1.165) is 22.4 Å². The number of nitrogens with one attached hydrogen (secondary N) is 2. The fraction of sp³-hybridized carbons (Fsp3) is 0.105. The van der Waals surface area contributed by atoms with Crippen molar-refractivity contribution in [3.63, 3.8) is 0 Å². The van der Waals surface area contributed by atoms with E-state index in [-0.39, 0.29) is 5.88 Å². The number of hydrogen-bond donors (Lipinski definition) is 3. The Kier molecular flexibility index (Phi) is 6.79. The Labute approximate surface area is 164 Å². The van der Waals surface area contributed by atoms with E-state index in [2.05, 4.69) is 15.0 Å². The lowest BCUT2D eigenvalue weighted by Gasteiger charge is -2.05. The summed E-state index contributed by atoms with van der Waals surface area (Å²) < 4.78 is 16.8. The highest BCUT2D eigenvalue weighted by Gasteiger charge is 2.06. The third kappa shape index (κ3) is 5.68. The van der Waals surface area contributed by atoms with Crippen molar-refractivity contribution in [1.29, 1.82) is 0 Å². The van der Waals surface area contributed by atoms with Crippen LogP contribution in [0.15, 0.2) is 66.9 Å². The molecule has 2 aromatic carbocycles. The molecule has 3 N–H and O–H groups in total. The van der Waals surface area contributed by atoms with Crippen LogP contribution in [0.1, 0.15) is 11.1 Å². The molecule has 1 aromatic heterocycles. The normalized spacial score (nSPS) is 12.2. The molecule has 0 aliphatic rings. The standard InChI is InChI=1S/C19H19N5O3S/c25-19(22-26)10-9-15-5-4-6-16(11-15)12-20-28(27)14-24-13-18(21-23-24)17-7-2-1-3-8-17/h1-11,13,20,26H,12,14H2,(H,22,25)/b10-9+. The summed E-state index contributed by atoms with van der Waals surface area (Å²) in [5.41, 5.74) is 4.91. The first kappa shape index (κ1) is 19.6. The molecule has 144 valence electrons. The number of carbonyl (C=O) groups is 1. The van der Waals surface area contributed by atoms with Crippen LogP contribution >= 0.6 is 0 Å². The Balaban J connectivity index is 1.54. The second-order valence-electron chi connectivity index (χ2n) is 5.86. The summed E-state index contributed by atoms with van der Waals surface area (Å²) in [7, 11) is -1.34. The molecule has 0 aliphatic heterocycles. The molecule has 0 saturated carbocycles. The molecule has 0 bridgehead atoms. The van der Waals surface area contributed by atoms with Gasteiger partial charge in [0.1, 0.15) is 22.6 Å². The number of aromatic nitrogens is 3. The van der Waals surface area contributed by atoms with Crippen LogP contribution in [0.3, 0.4) is 0 Å².